The molecule has 10 atom stereocenters. The number of nitrogens with zero attached hydrogens (tertiary/aromatic N) is 2. The summed E-state index contributed by atoms with van der Waals surface area (Å²) < 4.78 is 15.2. The van der Waals surface area contributed by atoms with Crippen LogP contribution in [0.15, 0.2) is 9.98 Å². The molecule has 0 aromatic carbocycles. The molecule has 394 valence electrons. The number of carbonyl (C=O) groups excluding carboxylic acids is 7. The molecule has 1 aliphatic heterocycles. The Labute approximate surface area is 401 Å². The molecule has 7 amide bonds. The van der Waals surface area contributed by atoms with Gasteiger partial charge in [0.05, 0.1) is 25.5 Å². The number of rotatable bonds is 33. The highest BCUT2D eigenvalue weighted by Crippen LogP contribution is 2.35. The molecule has 30 heteroatoms. The van der Waals surface area contributed by atoms with Gasteiger partial charge in [0.1, 0.15) is 54.7 Å². The molecule has 1 heterocycles. The Morgan fingerprint density at radius 3 is 1.43 bits per heavy atom. The van der Waals surface area contributed by atoms with Gasteiger partial charge in [0, 0.05) is 19.1 Å². The lowest BCUT2D eigenvalue weighted by molar-refractivity contribution is -0.144. The number of amides is 7. The van der Waals surface area contributed by atoms with E-state index in [2.05, 4.69) is 41.1 Å². The van der Waals surface area contributed by atoms with E-state index in [4.69, 9.17) is 15.5 Å². The van der Waals surface area contributed by atoms with Crippen molar-refractivity contribution in [2.24, 2.45) is 33.5 Å². The van der Waals surface area contributed by atoms with Crippen LogP contribution < -0.4 is 43.0 Å². The number of hydrogen-bond donors (Lipinski definition) is 14. The van der Waals surface area contributed by atoms with E-state index in [0.29, 0.717) is 6.42 Å². The Kier molecular flexibility index (Phi) is 26.0. The largest absolute Gasteiger partial charge is 0.481 e. The van der Waals surface area contributed by atoms with Crippen molar-refractivity contribution in [1.29, 1.82) is 0 Å². The first-order valence-electron chi connectivity index (χ1n) is 22.0. The van der Waals surface area contributed by atoms with Gasteiger partial charge in [-0.1, -0.05) is 48.0 Å². The van der Waals surface area contributed by atoms with Crippen molar-refractivity contribution in [1.82, 2.24) is 37.2 Å². The number of nitrogens with two attached hydrogens (primary N) is 1. The van der Waals surface area contributed by atoms with Crippen LogP contribution in [0.5, 0.6) is 0 Å². The van der Waals surface area contributed by atoms with E-state index in [1.54, 1.807) is 41.5 Å². The zero-order valence-electron chi connectivity index (χ0n) is 39.4. The molecule has 1 unspecified atom stereocenters. The molecular weight excluding hydrogens is 955 g/mol. The summed E-state index contributed by atoms with van der Waals surface area (Å²) in [4.78, 5) is 168. The van der Waals surface area contributed by atoms with Crippen molar-refractivity contribution in [3.63, 3.8) is 0 Å². The third-order valence-electron chi connectivity index (χ3n) is 10.2. The molecule has 0 aliphatic carbocycles. The van der Waals surface area contributed by atoms with Crippen LogP contribution in [-0.4, -0.2) is 169 Å². The Bertz CT molecular complexity index is 2000. The van der Waals surface area contributed by atoms with E-state index < -0.39 is 166 Å². The van der Waals surface area contributed by atoms with Crippen LogP contribution in [0.2, 0.25) is 0 Å². The van der Waals surface area contributed by atoms with Crippen molar-refractivity contribution in [2.45, 2.75) is 147 Å². The maximum Gasteiger partial charge on any atom is 0.469 e. The van der Waals surface area contributed by atoms with Crippen molar-refractivity contribution in [2.75, 3.05) is 6.61 Å². The SMILES string of the molecule is CC[C@H](C)[C@H](NC(=O)[C@H](CC1C=NC=N1)NC(=O)[C@H](CC(C)C)NC(=O)[C@H](CC(C)C)NC(=O)[C@H](CC(=O)O)NC(=O)[C@H](CCC(=O)O)NC(=O)[C@H](CC(=O)O)NC(=O)[C@@H](N)COP(=O)(O)O)C(=O)O. The third kappa shape index (κ3) is 23.7. The van der Waals surface area contributed by atoms with Gasteiger partial charge >= 0.3 is 31.7 Å². The molecule has 0 aromatic rings. The van der Waals surface area contributed by atoms with Crippen LogP contribution in [0.3, 0.4) is 0 Å². The van der Waals surface area contributed by atoms with Crippen molar-refractivity contribution >= 4 is 85.6 Å². The van der Waals surface area contributed by atoms with E-state index >= 15 is 0 Å². The maximum absolute atomic E-state index is 14.0. The fourth-order valence-corrected chi connectivity index (χ4v) is 6.79. The van der Waals surface area contributed by atoms with E-state index in [0.717, 1.165) is 0 Å². The van der Waals surface area contributed by atoms with Crippen LogP contribution in [0, 0.1) is 17.8 Å². The standard InChI is InChI=1S/C40H65N10O19P/c1-7-20(6)32(40(64)65)50-39(63)26(12-21-15-42-17-43-21)48-36(60)25(11-19(4)5)46-35(59)24(10-18(2)3)47-38(62)28(14-31(55)56)49-34(58)23(8-9-29(51)52)44-37(61)27(13-30(53)54)45-33(57)22(41)16-69-70(66,67)68/h15,17-28,32H,7-14,16,41H2,1-6H3,(H,44,61)(H,45,57)(H,46,59)(H,47,62)(H,48,60)(H,49,58)(H,50,63)(H,51,52)(H,53,54)(H,55,56)(H,64,65)(H2,66,67,68)/t20-,21?,22-,23-,24-,25-,26-,27-,28-,32-/m0/s1. The van der Waals surface area contributed by atoms with Gasteiger partial charge in [-0.3, -0.25) is 57.5 Å². The van der Waals surface area contributed by atoms with Gasteiger partial charge < -0.3 is 73.2 Å². The smallest absolute Gasteiger partial charge is 0.469 e. The number of phosphoric acid groups is 1. The summed E-state index contributed by atoms with van der Waals surface area (Å²) in [6.45, 7) is 9.00. The highest BCUT2D eigenvalue weighted by Gasteiger charge is 2.37. The average Bonchev–Trinajstić information content (AvgIpc) is 3.76. The minimum Gasteiger partial charge on any atom is -0.481 e. The lowest BCUT2D eigenvalue weighted by Crippen LogP contribution is -2.61. The van der Waals surface area contributed by atoms with Crippen LogP contribution in [0.1, 0.15) is 92.9 Å². The van der Waals surface area contributed by atoms with Gasteiger partial charge in [-0.25, -0.2) is 14.4 Å². The number of aliphatic imine (C=N–C) groups is 2. The van der Waals surface area contributed by atoms with E-state index in [-0.39, 0.29) is 31.1 Å². The first kappa shape index (κ1) is 61.6. The molecular formula is C40H65N10O19P. The summed E-state index contributed by atoms with van der Waals surface area (Å²) in [5.74, 6) is -15.4. The minimum atomic E-state index is -5.12. The number of carboxylic acid groups (broad SMARTS) is 4. The second-order valence-corrected chi connectivity index (χ2v) is 18.5. The van der Waals surface area contributed by atoms with Crippen molar-refractivity contribution in [3.05, 3.63) is 0 Å². The molecule has 1 rings (SSSR count). The number of hydrogen-bond acceptors (Lipinski definition) is 16. The molecule has 0 bridgehead atoms. The summed E-state index contributed by atoms with van der Waals surface area (Å²) >= 11 is 0. The van der Waals surface area contributed by atoms with Gasteiger partial charge in [0.25, 0.3) is 0 Å². The Morgan fingerprint density at radius 2 is 1.03 bits per heavy atom. The molecule has 0 spiro atoms. The summed E-state index contributed by atoms with van der Waals surface area (Å²) in [7, 11) is -5.12. The second kappa shape index (κ2) is 29.6. The van der Waals surface area contributed by atoms with Gasteiger partial charge in [0.15, 0.2) is 0 Å². The Morgan fingerprint density at radius 1 is 0.614 bits per heavy atom. The van der Waals surface area contributed by atoms with E-state index in [9.17, 15) is 77.7 Å². The topological polar surface area (TPSA) is 470 Å². The van der Waals surface area contributed by atoms with Gasteiger partial charge in [-0.2, -0.15) is 0 Å². The highest BCUT2D eigenvalue weighted by atomic mass is 31.2. The number of carbonyl (C=O) groups is 11. The summed E-state index contributed by atoms with van der Waals surface area (Å²) in [6.07, 6.45) is -1.21. The molecule has 1 aliphatic rings. The first-order valence-corrected chi connectivity index (χ1v) is 23.5. The molecule has 0 fully saturated rings. The number of carboxylic acids is 4. The second-order valence-electron chi connectivity index (χ2n) is 17.2. The van der Waals surface area contributed by atoms with Gasteiger partial charge in [-0.05, 0) is 37.0 Å². The molecule has 0 saturated carbocycles. The van der Waals surface area contributed by atoms with Crippen LogP contribution in [0.4, 0.5) is 0 Å². The number of nitrogens with one attached hydrogen (secondary N) is 7. The van der Waals surface area contributed by atoms with Crippen LogP contribution in [0.25, 0.3) is 0 Å². The summed E-state index contributed by atoms with van der Waals surface area (Å²) in [6, 6.07) is -14.2. The van der Waals surface area contributed by atoms with Crippen LogP contribution >= 0.6 is 7.82 Å². The zero-order chi connectivity index (χ0) is 53.6. The molecule has 0 aromatic heterocycles. The lowest BCUT2D eigenvalue weighted by atomic mass is 9.97. The Balaban J connectivity index is 3.46. The normalized spacial score (nSPS) is 17.0. The van der Waals surface area contributed by atoms with E-state index in [1.165, 1.54) is 12.6 Å². The first-order chi connectivity index (χ1) is 32.4. The number of aliphatic carboxylic acids is 4. The Hall–Kier alpha value is -6.42. The fourth-order valence-electron chi connectivity index (χ4n) is 6.44. The quantitative estimate of drug-likeness (QED) is 0.0287. The average molecular weight is 1020 g/mol. The van der Waals surface area contributed by atoms with Crippen molar-refractivity contribution in [3.8, 4) is 0 Å². The van der Waals surface area contributed by atoms with Crippen LogP contribution in [-0.2, 0) is 61.8 Å². The van der Waals surface area contributed by atoms with Gasteiger partial charge in [0.2, 0.25) is 41.4 Å². The monoisotopic (exact) mass is 1020 g/mol. The molecule has 70 heavy (non-hydrogen) atoms. The zero-order valence-corrected chi connectivity index (χ0v) is 40.3. The maximum atomic E-state index is 14.0. The van der Waals surface area contributed by atoms with E-state index in [1.807, 2.05) is 10.6 Å². The lowest BCUT2D eigenvalue weighted by Gasteiger charge is -2.29. The predicted molar refractivity (Wildman–Crippen MR) is 242 cm³/mol. The highest BCUT2D eigenvalue weighted by molar-refractivity contribution is 7.46. The fraction of sp³-hybridized carbons (Fsp3) is 0.675. The predicted octanol–water partition coefficient (Wildman–Crippen LogP) is -3.27. The minimum absolute atomic E-state index is 0.0299. The molecule has 0 radical (unpaired) electrons. The summed E-state index contributed by atoms with van der Waals surface area (Å²) in [5.41, 5.74) is 5.52. The number of phosphoric ester groups is 1. The third-order valence-corrected chi connectivity index (χ3v) is 10.7. The molecule has 29 nitrogen and oxygen atoms in total. The van der Waals surface area contributed by atoms with Gasteiger partial charge in [-0.15, -0.1) is 0 Å². The van der Waals surface area contributed by atoms with Crippen molar-refractivity contribution < 1.29 is 92.0 Å². The molecule has 0 saturated heterocycles. The summed E-state index contributed by atoms with van der Waals surface area (Å²) in [5, 5.41) is 54.2. The molecule has 15 N–H and O–H groups in total.